The maximum atomic E-state index is 10.8. The molecule has 0 aliphatic carbocycles. The van der Waals surface area contributed by atoms with Gasteiger partial charge >= 0.3 is 5.97 Å². The second kappa shape index (κ2) is 6.87. The molecule has 0 radical (unpaired) electrons. The van der Waals surface area contributed by atoms with Gasteiger partial charge in [-0.3, -0.25) is 0 Å². The summed E-state index contributed by atoms with van der Waals surface area (Å²) in [5, 5.41) is 12.4. The van der Waals surface area contributed by atoms with E-state index in [1.165, 1.54) is 5.56 Å². The van der Waals surface area contributed by atoms with Gasteiger partial charge in [0.2, 0.25) is 0 Å². The first-order valence-corrected chi connectivity index (χ1v) is 6.81. The third kappa shape index (κ3) is 3.68. The van der Waals surface area contributed by atoms with Crippen LogP contribution in [0.15, 0.2) is 54.6 Å². The highest BCUT2D eigenvalue weighted by molar-refractivity contribution is 5.87. The molecule has 0 unspecified atom stereocenters. The molecule has 0 aliphatic rings. The van der Waals surface area contributed by atoms with E-state index in [1.807, 2.05) is 30.3 Å². The fraction of sp³-hybridized carbons (Fsp3) is 0.235. The Balaban J connectivity index is 1.98. The van der Waals surface area contributed by atoms with Gasteiger partial charge in [-0.05, 0) is 29.7 Å². The van der Waals surface area contributed by atoms with Crippen LogP contribution in [0.4, 0.5) is 0 Å². The van der Waals surface area contributed by atoms with Crippen LogP contribution in [0.3, 0.4) is 0 Å². The Morgan fingerprint density at radius 1 is 1.10 bits per heavy atom. The lowest BCUT2D eigenvalue weighted by Gasteiger charge is -2.17. The first kappa shape index (κ1) is 14.3. The molecule has 20 heavy (non-hydrogen) atoms. The number of benzene rings is 2. The van der Waals surface area contributed by atoms with Gasteiger partial charge in [0.05, 0.1) is 5.56 Å². The minimum atomic E-state index is -0.889. The van der Waals surface area contributed by atoms with Gasteiger partial charge in [0, 0.05) is 12.6 Å². The lowest BCUT2D eigenvalue weighted by Crippen LogP contribution is -2.20. The van der Waals surface area contributed by atoms with E-state index in [-0.39, 0.29) is 0 Å². The number of nitrogens with one attached hydrogen (secondary N) is 1. The first-order chi connectivity index (χ1) is 9.70. The summed E-state index contributed by atoms with van der Waals surface area (Å²) in [7, 11) is 0. The largest absolute Gasteiger partial charge is 0.478 e. The smallest absolute Gasteiger partial charge is 0.335 e. The molecular weight excluding hydrogens is 250 g/mol. The van der Waals surface area contributed by atoms with E-state index in [0.29, 0.717) is 11.6 Å². The minimum Gasteiger partial charge on any atom is -0.478 e. The number of carbonyl (C=O) groups is 1. The van der Waals surface area contributed by atoms with Crippen LogP contribution >= 0.6 is 0 Å². The van der Waals surface area contributed by atoms with Crippen LogP contribution in [0.25, 0.3) is 0 Å². The van der Waals surface area contributed by atoms with E-state index in [2.05, 4.69) is 24.4 Å². The number of hydrogen-bond donors (Lipinski definition) is 2. The summed E-state index contributed by atoms with van der Waals surface area (Å²) in [6, 6.07) is 17.6. The van der Waals surface area contributed by atoms with Gasteiger partial charge in [0.15, 0.2) is 0 Å². The van der Waals surface area contributed by atoms with Crippen molar-refractivity contribution in [1.29, 1.82) is 0 Å². The standard InChI is InChI=1S/C17H19NO2/c1-2-16(14-6-4-3-5-7-14)18-12-13-8-10-15(11-9-13)17(19)20/h3-11,16,18H,2,12H2,1H3,(H,19,20)/t16-/m0/s1. The van der Waals surface area contributed by atoms with Crippen LogP contribution in [0.5, 0.6) is 0 Å². The average molecular weight is 269 g/mol. The van der Waals surface area contributed by atoms with Gasteiger partial charge in [-0.2, -0.15) is 0 Å². The Morgan fingerprint density at radius 2 is 1.75 bits per heavy atom. The third-order valence-corrected chi connectivity index (χ3v) is 3.36. The predicted octanol–water partition coefficient (Wildman–Crippen LogP) is 3.63. The molecule has 0 saturated heterocycles. The SMILES string of the molecule is CC[C@H](NCc1ccc(C(=O)O)cc1)c1ccccc1. The van der Waals surface area contributed by atoms with Gasteiger partial charge in [-0.25, -0.2) is 4.79 Å². The van der Waals surface area contributed by atoms with Crippen molar-refractivity contribution in [3.63, 3.8) is 0 Å². The second-order valence-electron chi connectivity index (χ2n) is 4.75. The van der Waals surface area contributed by atoms with Crippen molar-refractivity contribution in [2.75, 3.05) is 0 Å². The van der Waals surface area contributed by atoms with Gasteiger partial charge in [-0.15, -0.1) is 0 Å². The Morgan fingerprint density at radius 3 is 2.30 bits per heavy atom. The normalized spacial score (nSPS) is 12.1. The topological polar surface area (TPSA) is 49.3 Å². The Hall–Kier alpha value is -2.13. The molecule has 1 atom stereocenters. The van der Waals surface area contributed by atoms with Crippen LogP contribution in [0.2, 0.25) is 0 Å². The number of hydrogen-bond acceptors (Lipinski definition) is 2. The summed E-state index contributed by atoms with van der Waals surface area (Å²) in [4.78, 5) is 10.8. The van der Waals surface area contributed by atoms with Crippen LogP contribution in [-0.2, 0) is 6.54 Å². The summed E-state index contributed by atoms with van der Waals surface area (Å²) in [6.45, 7) is 2.88. The zero-order valence-corrected chi connectivity index (χ0v) is 11.5. The number of rotatable bonds is 6. The lowest BCUT2D eigenvalue weighted by molar-refractivity contribution is 0.0697. The quantitative estimate of drug-likeness (QED) is 0.842. The lowest BCUT2D eigenvalue weighted by atomic mass is 10.0. The highest BCUT2D eigenvalue weighted by atomic mass is 16.4. The van der Waals surface area contributed by atoms with Gasteiger partial charge in [0.25, 0.3) is 0 Å². The summed E-state index contributed by atoms with van der Waals surface area (Å²) in [5.74, 6) is -0.889. The molecule has 104 valence electrons. The molecule has 2 N–H and O–H groups in total. The van der Waals surface area contributed by atoms with Crippen molar-refractivity contribution in [2.24, 2.45) is 0 Å². The van der Waals surface area contributed by atoms with Crippen molar-refractivity contribution < 1.29 is 9.90 Å². The number of carboxylic acid groups (broad SMARTS) is 1. The van der Waals surface area contributed by atoms with Gasteiger partial charge in [-0.1, -0.05) is 49.4 Å². The fourth-order valence-corrected chi connectivity index (χ4v) is 2.19. The summed E-state index contributed by atoms with van der Waals surface area (Å²) >= 11 is 0. The molecule has 3 nitrogen and oxygen atoms in total. The van der Waals surface area contributed by atoms with E-state index in [0.717, 1.165) is 18.5 Å². The molecule has 0 saturated carbocycles. The molecule has 2 rings (SSSR count). The van der Waals surface area contributed by atoms with Crippen LogP contribution in [-0.4, -0.2) is 11.1 Å². The van der Waals surface area contributed by atoms with E-state index >= 15 is 0 Å². The summed E-state index contributed by atoms with van der Waals surface area (Å²) in [5.41, 5.74) is 2.69. The Kier molecular flexibility index (Phi) is 4.91. The van der Waals surface area contributed by atoms with Crippen LogP contribution in [0, 0.1) is 0 Å². The maximum Gasteiger partial charge on any atom is 0.335 e. The molecule has 3 heteroatoms. The zero-order chi connectivity index (χ0) is 14.4. The van der Waals surface area contributed by atoms with Crippen molar-refractivity contribution in [3.05, 3.63) is 71.3 Å². The van der Waals surface area contributed by atoms with E-state index < -0.39 is 5.97 Å². The van der Waals surface area contributed by atoms with Crippen molar-refractivity contribution in [1.82, 2.24) is 5.32 Å². The molecule has 2 aromatic rings. The monoisotopic (exact) mass is 269 g/mol. The molecule has 0 aromatic heterocycles. The highest BCUT2D eigenvalue weighted by Gasteiger charge is 2.08. The number of aromatic carboxylic acids is 1. The Labute approximate surface area is 119 Å². The second-order valence-corrected chi connectivity index (χ2v) is 4.75. The molecule has 0 amide bonds. The molecular formula is C17H19NO2. The zero-order valence-electron chi connectivity index (χ0n) is 11.5. The van der Waals surface area contributed by atoms with E-state index in [9.17, 15) is 4.79 Å². The van der Waals surface area contributed by atoms with Crippen LogP contribution < -0.4 is 5.32 Å². The first-order valence-electron chi connectivity index (χ1n) is 6.81. The van der Waals surface area contributed by atoms with Crippen molar-refractivity contribution >= 4 is 5.97 Å². The van der Waals surface area contributed by atoms with E-state index in [1.54, 1.807) is 12.1 Å². The van der Waals surface area contributed by atoms with Gasteiger partial charge < -0.3 is 10.4 Å². The predicted molar refractivity (Wildman–Crippen MR) is 79.7 cm³/mol. The van der Waals surface area contributed by atoms with Crippen molar-refractivity contribution in [2.45, 2.75) is 25.9 Å². The molecule has 0 heterocycles. The maximum absolute atomic E-state index is 10.8. The molecule has 0 bridgehead atoms. The third-order valence-electron chi connectivity index (χ3n) is 3.36. The molecule has 0 fully saturated rings. The van der Waals surface area contributed by atoms with Crippen LogP contribution in [0.1, 0.15) is 40.9 Å². The van der Waals surface area contributed by atoms with Gasteiger partial charge in [0.1, 0.15) is 0 Å². The van der Waals surface area contributed by atoms with Crippen molar-refractivity contribution in [3.8, 4) is 0 Å². The summed E-state index contributed by atoms with van der Waals surface area (Å²) in [6.07, 6.45) is 1.01. The summed E-state index contributed by atoms with van der Waals surface area (Å²) < 4.78 is 0. The minimum absolute atomic E-state index is 0.315. The molecule has 2 aromatic carbocycles. The molecule has 0 aliphatic heterocycles. The van der Waals surface area contributed by atoms with E-state index in [4.69, 9.17) is 5.11 Å². The fourth-order valence-electron chi connectivity index (χ4n) is 2.19. The average Bonchev–Trinajstić information content (AvgIpc) is 2.49. The highest BCUT2D eigenvalue weighted by Crippen LogP contribution is 2.16. The molecule has 0 spiro atoms. The Bertz CT molecular complexity index is 549. The number of carboxylic acids is 1.